The topological polar surface area (TPSA) is 207 Å². The van der Waals surface area contributed by atoms with Crippen LogP contribution in [0, 0.1) is 5.82 Å². The van der Waals surface area contributed by atoms with Crippen LogP contribution in [0.3, 0.4) is 0 Å². The highest BCUT2D eigenvalue weighted by Gasteiger charge is 2.45. The average molecular weight is 699 g/mol. The van der Waals surface area contributed by atoms with Crippen molar-refractivity contribution in [2.45, 2.75) is 36.4 Å². The Bertz CT molecular complexity index is 1970. The summed E-state index contributed by atoms with van der Waals surface area (Å²) in [4.78, 5) is 64.0. The molecule has 3 aromatic rings. The molecule has 17 heteroatoms. The van der Waals surface area contributed by atoms with E-state index in [2.05, 4.69) is 20.7 Å². The minimum Gasteiger partial charge on any atom is -0.494 e. The van der Waals surface area contributed by atoms with Crippen molar-refractivity contribution in [3.8, 4) is 5.75 Å². The highest BCUT2D eigenvalue weighted by atomic mass is 32.2. The Morgan fingerprint density at radius 2 is 1.73 bits per heavy atom. The largest absolute Gasteiger partial charge is 0.506 e. The van der Waals surface area contributed by atoms with Gasteiger partial charge in [-0.3, -0.25) is 25.0 Å². The molecule has 0 saturated carbocycles. The molecule has 15 nitrogen and oxygen atoms in total. The molecule has 49 heavy (non-hydrogen) atoms. The van der Waals surface area contributed by atoms with Crippen LogP contribution < -0.4 is 20.7 Å². The molecule has 4 amide bonds. The van der Waals surface area contributed by atoms with Gasteiger partial charge in [0.25, 0.3) is 11.8 Å². The number of amides is 4. The lowest BCUT2D eigenvalue weighted by Crippen LogP contribution is -2.40. The van der Waals surface area contributed by atoms with Gasteiger partial charge in [-0.2, -0.15) is 0 Å². The third-order valence-electron chi connectivity index (χ3n) is 8.16. The lowest BCUT2D eigenvalue weighted by atomic mass is 9.99. The monoisotopic (exact) mass is 698 g/mol. The van der Waals surface area contributed by atoms with E-state index in [4.69, 9.17) is 9.47 Å². The van der Waals surface area contributed by atoms with Crippen molar-refractivity contribution < 1.29 is 56.1 Å². The van der Waals surface area contributed by atoms with Crippen molar-refractivity contribution in [2.75, 3.05) is 37.2 Å². The van der Waals surface area contributed by atoms with E-state index in [-0.39, 0.29) is 63.0 Å². The molecule has 5 rings (SSSR count). The second-order valence-corrected chi connectivity index (χ2v) is 13.2. The SMILES string of the molecule is CCS(=O)(=O)c1ccc(NC(=O)OC)cc1[C@@H]1[C@@H](OC(=O)O)CCN1C(=O)[C@H](Nc1ccc2c(c1)C(=O)NC2=O)c1ccc(F)c(OC)c1. The molecule has 1 fully saturated rings. The summed E-state index contributed by atoms with van der Waals surface area (Å²) in [7, 11) is -1.63. The molecule has 2 aliphatic rings. The summed E-state index contributed by atoms with van der Waals surface area (Å²) in [6, 6.07) is 9.06. The number of fused-ring (bicyclic) bond motifs is 1. The summed E-state index contributed by atoms with van der Waals surface area (Å²) in [6.07, 6.45) is -3.83. The standard InChI is InChI=1S/C32H31FN4O11S/c1-4-49(44,45)25-10-7-18(35-31(41)47-3)15-21(25)27-23(48-32(42)43)11-12-37(27)30(40)26(16-5-9-22(33)24(13-16)46-2)34-17-6-8-19-20(14-17)29(39)36-28(19)38/h5-10,13-15,23,26-27,34H,4,11-12H2,1-3H3,(H,35,41)(H,42,43)(H,36,38,39)/t23-,26+,27+/m0/s1. The summed E-state index contributed by atoms with van der Waals surface area (Å²) >= 11 is 0. The number of hydrogen-bond donors (Lipinski definition) is 4. The predicted molar refractivity (Wildman–Crippen MR) is 170 cm³/mol. The van der Waals surface area contributed by atoms with Gasteiger partial charge in [-0.05, 0) is 59.7 Å². The Morgan fingerprint density at radius 1 is 1.02 bits per heavy atom. The van der Waals surface area contributed by atoms with Crippen LogP contribution in [-0.4, -0.2) is 81.0 Å². The van der Waals surface area contributed by atoms with Crippen LogP contribution in [0.2, 0.25) is 0 Å². The van der Waals surface area contributed by atoms with E-state index in [1.165, 1.54) is 67.5 Å². The maximum absolute atomic E-state index is 14.7. The first kappa shape index (κ1) is 34.6. The Balaban J connectivity index is 1.65. The fourth-order valence-corrected chi connectivity index (χ4v) is 6.96. The number of carbonyl (C=O) groups is 5. The maximum Gasteiger partial charge on any atom is 0.506 e. The van der Waals surface area contributed by atoms with Gasteiger partial charge in [0.1, 0.15) is 12.1 Å². The average Bonchev–Trinajstić information content (AvgIpc) is 3.61. The van der Waals surface area contributed by atoms with Gasteiger partial charge in [0.2, 0.25) is 5.91 Å². The summed E-state index contributed by atoms with van der Waals surface area (Å²) < 4.78 is 56.1. The number of carboxylic acid groups (broad SMARTS) is 1. The summed E-state index contributed by atoms with van der Waals surface area (Å²) in [5.41, 5.74) is 0.646. The zero-order valence-electron chi connectivity index (χ0n) is 26.3. The Kier molecular flexibility index (Phi) is 9.75. The number of rotatable bonds is 10. The number of likely N-dealkylation sites (tertiary alicyclic amines) is 1. The second kappa shape index (κ2) is 13.8. The van der Waals surface area contributed by atoms with Gasteiger partial charge in [0, 0.05) is 24.3 Å². The van der Waals surface area contributed by atoms with Crippen LogP contribution in [0.25, 0.3) is 0 Å². The van der Waals surface area contributed by atoms with E-state index in [1.807, 2.05) is 0 Å². The minimum absolute atomic E-state index is 0.0315. The molecule has 0 spiro atoms. The van der Waals surface area contributed by atoms with Crippen LogP contribution in [0.1, 0.15) is 57.3 Å². The van der Waals surface area contributed by atoms with Crippen LogP contribution in [0.4, 0.5) is 25.4 Å². The molecule has 4 N–H and O–H groups in total. The second-order valence-electron chi connectivity index (χ2n) is 11.0. The first-order valence-corrected chi connectivity index (χ1v) is 16.4. The van der Waals surface area contributed by atoms with Crippen LogP contribution in [-0.2, 0) is 24.1 Å². The number of benzene rings is 3. The molecule has 2 aliphatic heterocycles. The molecular weight excluding hydrogens is 667 g/mol. The molecule has 0 unspecified atom stereocenters. The van der Waals surface area contributed by atoms with Gasteiger partial charge >= 0.3 is 12.2 Å². The van der Waals surface area contributed by atoms with Crippen LogP contribution in [0.15, 0.2) is 59.5 Å². The number of hydrogen-bond acceptors (Lipinski definition) is 11. The maximum atomic E-state index is 14.7. The number of carbonyl (C=O) groups excluding carboxylic acids is 4. The quantitative estimate of drug-likeness (QED) is 0.176. The van der Waals surface area contributed by atoms with Gasteiger partial charge in [0.05, 0.1) is 42.0 Å². The molecule has 3 aromatic carbocycles. The number of sulfone groups is 1. The third-order valence-corrected chi connectivity index (χ3v) is 9.96. The molecule has 0 bridgehead atoms. The lowest BCUT2D eigenvalue weighted by Gasteiger charge is -2.33. The molecule has 0 aliphatic carbocycles. The summed E-state index contributed by atoms with van der Waals surface area (Å²) in [5, 5.41) is 17.2. The normalized spacial score (nSPS) is 17.5. The van der Waals surface area contributed by atoms with E-state index in [1.54, 1.807) is 0 Å². The van der Waals surface area contributed by atoms with Crippen molar-refractivity contribution in [3.63, 3.8) is 0 Å². The fourth-order valence-electron chi connectivity index (χ4n) is 5.83. The van der Waals surface area contributed by atoms with E-state index < -0.39 is 63.8 Å². The van der Waals surface area contributed by atoms with Crippen molar-refractivity contribution in [1.82, 2.24) is 10.2 Å². The van der Waals surface area contributed by atoms with Gasteiger partial charge < -0.3 is 29.5 Å². The number of methoxy groups -OCH3 is 2. The van der Waals surface area contributed by atoms with Crippen molar-refractivity contribution in [1.29, 1.82) is 0 Å². The number of anilines is 2. The van der Waals surface area contributed by atoms with Crippen LogP contribution >= 0.6 is 0 Å². The van der Waals surface area contributed by atoms with Gasteiger partial charge in [-0.1, -0.05) is 13.0 Å². The number of imide groups is 1. The van der Waals surface area contributed by atoms with Crippen molar-refractivity contribution in [3.05, 3.63) is 82.7 Å². The van der Waals surface area contributed by atoms with Crippen molar-refractivity contribution in [2.24, 2.45) is 0 Å². The van der Waals surface area contributed by atoms with E-state index in [0.29, 0.717) is 0 Å². The summed E-state index contributed by atoms with van der Waals surface area (Å²) in [5.74, 6) is -3.21. The lowest BCUT2D eigenvalue weighted by molar-refractivity contribution is -0.134. The van der Waals surface area contributed by atoms with E-state index in [9.17, 15) is 41.9 Å². The molecule has 3 atom stereocenters. The zero-order chi connectivity index (χ0) is 35.6. The number of nitrogens with zero attached hydrogens (tertiary/aromatic N) is 1. The molecule has 1 saturated heterocycles. The molecule has 2 heterocycles. The molecule has 258 valence electrons. The number of halogens is 1. The van der Waals surface area contributed by atoms with Gasteiger partial charge in [-0.25, -0.2) is 22.4 Å². The van der Waals surface area contributed by atoms with Crippen LogP contribution in [0.5, 0.6) is 5.75 Å². The number of ether oxygens (including phenoxy) is 3. The summed E-state index contributed by atoms with van der Waals surface area (Å²) in [6.45, 7) is 1.30. The predicted octanol–water partition coefficient (Wildman–Crippen LogP) is 3.88. The minimum atomic E-state index is -3.99. The first-order valence-electron chi connectivity index (χ1n) is 14.8. The fraction of sp³-hybridized carbons (Fsp3) is 0.281. The van der Waals surface area contributed by atoms with E-state index >= 15 is 0 Å². The molecule has 0 aromatic heterocycles. The van der Waals surface area contributed by atoms with Crippen molar-refractivity contribution >= 4 is 51.2 Å². The Morgan fingerprint density at radius 3 is 2.41 bits per heavy atom. The van der Waals surface area contributed by atoms with Gasteiger partial charge in [0.15, 0.2) is 21.4 Å². The number of nitrogens with one attached hydrogen (secondary N) is 3. The zero-order valence-corrected chi connectivity index (χ0v) is 27.1. The van der Waals surface area contributed by atoms with E-state index in [0.717, 1.165) is 13.2 Å². The smallest absolute Gasteiger partial charge is 0.494 e. The molecule has 0 radical (unpaired) electrons. The third kappa shape index (κ3) is 6.96. The highest BCUT2D eigenvalue weighted by molar-refractivity contribution is 7.91. The molecular formula is C32H31FN4O11S. The van der Waals surface area contributed by atoms with Gasteiger partial charge in [-0.15, -0.1) is 0 Å². The first-order chi connectivity index (χ1) is 23.3. The Hall–Kier alpha value is -5.71. The Labute approximate surface area is 279 Å². The highest BCUT2D eigenvalue weighted by Crippen LogP contribution is 2.41.